The van der Waals surface area contributed by atoms with Crippen LogP contribution in [0.4, 0.5) is 0 Å². The smallest absolute Gasteiger partial charge is 0.109 e. The van der Waals surface area contributed by atoms with Crippen LogP contribution in [-0.4, -0.2) is 22.6 Å². The van der Waals surface area contributed by atoms with Crippen LogP contribution in [0.1, 0.15) is 44.3 Å². The first-order valence-electron chi connectivity index (χ1n) is 6.93. The molecule has 1 aromatic rings. The molecule has 0 saturated heterocycles. The third-order valence-electron chi connectivity index (χ3n) is 4.16. The molecule has 1 saturated carbocycles. The Morgan fingerprint density at radius 2 is 2.24 bits per heavy atom. The third-order valence-corrected chi connectivity index (χ3v) is 4.16. The molecular weight excluding hydrogens is 210 g/mol. The summed E-state index contributed by atoms with van der Waals surface area (Å²) in [5, 5.41) is 3.44. The van der Waals surface area contributed by atoms with Crippen LogP contribution in [0.3, 0.4) is 0 Å². The van der Waals surface area contributed by atoms with E-state index in [9.17, 15) is 0 Å². The quantitative estimate of drug-likeness (QED) is 0.821. The minimum atomic E-state index is 0.580. The molecule has 0 spiro atoms. The topological polar surface area (TPSA) is 29.9 Å². The summed E-state index contributed by atoms with van der Waals surface area (Å²) in [6, 6.07) is 0.580. The van der Waals surface area contributed by atoms with Crippen LogP contribution in [-0.2, 0) is 13.5 Å². The van der Waals surface area contributed by atoms with Crippen LogP contribution in [0.25, 0.3) is 0 Å². The Kier molecular flexibility index (Phi) is 4.60. The van der Waals surface area contributed by atoms with E-state index in [2.05, 4.69) is 29.0 Å². The monoisotopic (exact) mass is 235 g/mol. The minimum Gasteiger partial charge on any atom is -0.338 e. The number of aryl methyl sites for hydroxylation is 1. The summed E-state index contributed by atoms with van der Waals surface area (Å²) in [6.07, 6.45) is 13.5. The summed E-state index contributed by atoms with van der Waals surface area (Å²) in [7, 11) is 4.15. The van der Waals surface area contributed by atoms with E-state index < -0.39 is 0 Å². The zero-order valence-corrected chi connectivity index (χ0v) is 11.2. The predicted molar refractivity (Wildman–Crippen MR) is 71.0 cm³/mol. The van der Waals surface area contributed by atoms with Gasteiger partial charge in [-0.3, -0.25) is 0 Å². The Bertz CT molecular complexity index is 326. The van der Waals surface area contributed by atoms with Gasteiger partial charge in [-0.15, -0.1) is 0 Å². The fourth-order valence-corrected chi connectivity index (χ4v) is 2.90. The van der Waals surface area contributed by atoms with E-state index in [1.165, 1.54) is 44.3 Å². The fourth-order valence-electron chi connectivity index (χ4n) is 2.90. The van der Waals surface area contributed by atoms with Gasteiger partial charge in [-0.05, 0) is 25.8 Å². The van der Waals surface area contributed by atoms with Gasteiger partial charge >= 0.3 is 0 Å². The van der Waals surface area contributed by atoms with Crippen molar-refractivity contribution >= 4 is 0 Å². The molecule has 1 aliphatic rings. The van der Waals surface area contributed by atoms with Gasteiger partial charge in [-0.25, -0.2) is 4.98 Å². The molecule has 0 radical (unpaired) electrons. The lowest BCUT2D eigenvalue weighted by Gasteiger charge is -2.18. The van der Waals surface area contributed by atoms with Crippen molar-refractivity contribution in [2.75, 3.05) is 7.05 Å². The van der Waals surface area contributed by atoms with Crippen molar-refractivity contribution in [3.63, 3.8) is 0 Å². The molecule has 1 atom stereocenters. The number of aromatic nitrogens is 2. The Morgan fingerprint density at radius 3 is 2.82 bits per heavy atom. The van der Waals surface area contributed by atoms with Gasteiger partial charge in [-0.1, -0.05) is 25.7 Å². The Labute approximate surface area is 105 Å². The number of nitrogens with zero attached hydrogens (tertiary/aromatic N) is 2. The van der Waals surface area contributed by atoms with Crippen molar-refractivity contribution in [2.24, 2.45) is 13.0 Å². The van der Waals surface area contributed by atoms with Crippen LogP contribution in [0, 0.1) is 5.92 Å². The van der Waals surface area contributed by atoms with E-state index in [4.69, 9.17) is 0 Å². The maximum Gasteiger partial charge on any atom is 0.109 e. The predicted octanol–water partition coefficient (Wildman–Crippen LogP) is 2.52. The molecule has 0 aromatic carbocycles. The molecule has 96 valence electrons. The van der Waals surface area contributed by atoms with Crippen LogP contribution in [0.5, 0.6) is 0 Å². The molecule has 3 heteroatoms. The molecule has 0 aliphatic heterocycles. The SMILES string of the molecule is CNC(CCC1CCCC1)Cc1nccn1C. The first kappa shape index (κ1) is 12.6. The average molecular weight is 235 g/mol. The largest absolute Gasteiger partial charge is 0.338 e. The highest BCUT2D eigenvalue weighted by molar-refractivity contribution is 4.94. The van der Waals surface area contributed by atoms with Gasteiger partial charge in [0.25, 0.3) is 0 Å². The van der Waals surface area contributed by atoms with E-state index in [1.54, 1.807) is 0 Å². The van der Waals surface area contributed by atoms with Gasteiger partial charge in [0, 0.05) is 31.9 Å². The van der Waals surface area contributed by atoms with Crippen molar-refractivity contribution in [1.29, 1.82) is 0 Å². The lowest BCUT2D eigenvalue weighted by molar-refractivity contribution is 0.412. The number of imidazole rings is 1. The van der Waals surface area contributed by atoms with Crippen molar-refractivity contribution in [3.8, 4) is 0 Å². The average Bonchev–Trinajstić information content (AvgIpc) is 2.96. The molecule has 0 amide bonds. The highest BCUT2D eigenvalue weighted by Gasteiger charge is 2.17. The van der Waals surface area contributed by atoms with Gasteiger partial charge in [0.1, 0.15) is 5.82 Å². The molecule has 1 fully saturated rings. The summed E-state index contributed by atoms with van der Waals surface area (Å²) in [5.41, 5.74) is 0. The number of nitrogens with one attached hydrogen (secondary N) is 1. The van der Waals surface area contributed by atoms with E-state index >= 15 is 0 Å². The Hall–Kier alpha value is -0.830. The van der Waals surface area contributed by atoms with Crippen LogP contribution in [0.2, 0.25) is 0 Å². The molecular formula is C14H25N3. The molecule has 0 bridgehead atoms. The molecule has 2 rings (SSSR count). The highest BCUT2D eigenvalue weighted by atomic mass is 15.0. The first-order valence-corrected chi connectivity index (χ1v) is 6.93. The van der Waals surface area contributed by atoms with Crippen LogP contribution < -0.4 is 5.32 Å². The number of rotatable bonds is 6. The zero-order chi connectivity index (χ0) is 12.1. The van der Waals surface area contributed by atoms with Crippen LogP contribution in [0.15, 0.2) is 12.4 Å². The maximum atomic E-state index is 4.41. The summed E-state index contributed by atoms with van der Waals surface area (Å²) in [6.45, 7) is 0. The van der Waals surface area contributed by atoms with Crippen molar-refractivity contribution < 1.29 is 0 Å². The first-order chi connectivity index (χ1) is 8.29. The minimum absolute atomic E-state index is 0.580. The summed E-state index contributed by atoms with van der Waals surface area (Å²) in [5.74, 6) is 2.18. The summed E-state index contributed by atoms with van der Waals surface area (Å²) in [4.78, 5) is 4.41. The lowest BCUT2D eigenvalue weighted by atomic mass is 9.97. The Morgan fingerprint density at radius 1 is 1.47 bits per heavy atom. The second-order valence-electron chi connectivity index (χ2n) is 5.37. The molecule has 3 nitrogen and oxygen atoms in total. The van der Waals surface area contributed by atoms with Crippen molar-refractivity contribution in [2.45, 2.75) is 51.0 Å². The van der Waals surface area contributed by atoms with Crippen molar-refractivity contribution in [3.05, 3.63) is 18.2 Å². The van der Waals surface area contributed by atoms with Crippen molar-refractivity contribution in [1.82, 2.24) is 14.9 Å². The van der Waals surface area contributed by atoms with Gasteiger partial charge in [0.15, 0.2) is 0 Å². The standard InChI is InChI=1S/C14H25N3/c1-15-13(8-7-12-5-3-4-6-12)11-14-16-9-10-17(14)2/h9-10,12-13,15H,3-8,11H2,1-2H3. The summed E-state index contributed by atoms with van der Waals surface area (Å²) >= 11 is 0. The molecule has 1 heterocycles. The number of likely N-dealkylation sites (N-methyl/N-ethyl adjacent to an activating group) is 1. The zero-order valence-electron chi connectivity index (χ0n) is 11.2. The fraction of sp³-hybridized carbons (Fsp3) is 0.786. The molecule has 17 heavy (non-hydrogen) atoms. The molecule has 1 unspecified atom stereocenters. The van der Waals surface area contributed by atoms with Gasteiger partial charge < -0.3 is 9.88 Å². The second kappa shape index (κ2) is 6.20. The van der Waals surface area contributed by atoms with E-state index in [0.29, 0.717) is 6.04 Å². The number of hydrogen-bond donors (Lipinski definition) is 1. The molecule has 1 aliphatic carbocycles. The van der Waals surface area contributed by atoms with E-state index in [1.807, 2.05) is 12.4 Å². The third kappa shape index (κ3) is 3.56. The number of hydrogen-bond acceptors (Lipinski definition) is 2. The van der Waals surface area contributed by atoms with E-state index in [0.717, 1.165) is 12.3 Å². The van der Waals surface area contributed by atoms with Gasteiger partial charge in [0.05, 0.1) is 0 Å². The van der Waals surface area contributed by atoms with Crippen LogP contribution >= 0.6 is 0 Å². The normalized spacial score (nSPS) is 18.7. The molecule has 1 N–H and O–H groups in total. The van der Waals surface area contributed by atoms with Gasteiger partial charge in [0.2, 0.25) is 0 Å². The lowest BCUT2D eigenvalue weighted by Crippen LogP contribution is -2.29. The Balaban J connectivity index is 1.78. The van der Waals surface area contributed by atoms with Gasteiger partial charge in [-0.2, -0.15) is 0 Å². The van der Waals surface area contributed by atoms with E-state index in [-0.39, 0.29) is 0 Å². The molecule has 1 aromatic heterocycles. The maximum absolute atomic E-state index is 4.41. The summed E-state index contributed by atoms with van der Waals surface area (Å²) < 4.78 is 2.12. The highest BCUT2D eigenvalue weighted by Crippen LogP contribution is 2.29. The second-order valence-corrected chi connectivity index (χ2v) is 5.37.